The van der Waals surface area contributed by atoms with E-state index >= 15 is 0 Å². The van der Waals surface area contributed by atoms with Crippen molar-refractivity contribution < 1.29 is 4.79 Å². The van der Waals surface area contributed by atoms with Crippen LogP contribution in [0.3, 0.4) is 0 Å². The van der Waals surface area contributed by atoms with Gasteiger partial charge in [-0.2, -0.15) is 5.10 Å². The Balaban J connectivity index is 1.35. The molecule has 1 amide bonds. The van der Waals surface area contributed by atoms with Crippen molar-refractivity contribution >= 4 is 39.2 Å². The number of fused-ring (bicyclic) bond motifs is 2. The molecule has 8 heteroatoms. The van der Waals surface area contributed by atoms with Crippen LogP contribution in [-0.2, 0) is 4.79 Å². The lowest BCUT2D eigenvalue weighted by molar-refractivity contribution is -0.116. The van der Waals surface area contributed by atoms with E-state index in [9.17, 15) is 4.79 Å². The zero-order valence-electron chi connectivity index (χ0n) is 21.2. The quantitative estimate of drug-likeness (QED) is 0.264. The molecule has 1 fully saturated rings. The lowest BCUT2D eigenvalue weighted by atomic mass is 10.1. The summed E-state index contributed by atoms with van der Waals surface area (Å²) in [6.45, 7) is 6.25. The number of nitrogens with zero attached hydrogens (tertiary/aromatic N) is 4. The van der Waals surface area contributed by atoms with E-state index in [2.05, 4.69) is 54.6 Å². The number of amides is 1. The molecule has 1 aromatic carbocycles. The number of benzene rings is 1. The van der Waals surface area contributed by atoms with Crippen molar-refractivity contribution in [3.8, 4) is 22.6 Å². The summed E-state index contributed by atoms with van der Waals surface area (Å²) in [5.74, 6) is 0.275. The van der Waals surface area contributed by atoms with Crippen LogP contribution in [0.1, 0.15) is 39.5 Å². The van der Waals surface area contributed by atoms with Gasteiger partial charge < -0.3 is 15.2 Å². The van der Waals surface area contributed by atoms with Gasteiger partial charge in [-0.1, -0.05) is 19.9 Å². The third-order valence-corrected chi connectivity index (χ3v) is 6.91. The third-order valence-electron chi connectivity index (χ3n) is 6.91. The van der Waals surface area contributed by atoms with E-state index in [1.54, 1.807) is 12.4 Å². The van der Waals surface area contributed by atoms with Crippen molar-refractivity contribution in [1.82, 2.24) is 25.1 Å². The summed E-state index contributed by atoms with van der Waals surface area (Å²) in [4.78, 5) is 27.6. The fraction of sp³-hybridized carbons (Fsp3) is 0.310. The Morgan fingerprint density at radius 1 is 1.05 bits per heavy atom. The van der Waals surface area contributed by atoms with Gasteiger partial charge in [-0.3, -0.25) is 14.9 Å². The first kappa shape index (κ1) is 23.2. The highest BCUT2D eigenvalue weighted by atomic mass is 16.1. The lowest BCUT2D eigenvalue weighted by Crippen LogP contribution is -2.29. The predicted octanol–water partition coefficient (Wildman–Crippen LogP) is 6.14. The number of anilines is 2. The Labute approximate surface area is 215 Å². The van der Waals surface area contributed by atoms with Crippen LogP contribution < -0.4 is 10.2 Å². The van der Waals surface area contributed by atoms with Gasteiger partial charge in [0.1, 0.15) is 11.2 Å². The van der Waals surface area contributed by atoms with Crippen molar-refractivity contribution in [3.05, 3.63) is 54.9 Å². The monoisotopic (exact) mass is 493 g/mol. The van der Waals surface area contributed by atoms with Crippen molar-refractivity contribution in [2.45, 2.75) is 39.5 Å². The fourth-order valence-electron chi connectivity index (χ4n) is 5.16. The molecular formula is C29H31N7O. The average Bonchev–Trinajstić information content (AvgIpc) is 3.52. The number of nitrogens with one attached hydrogen (secondary N) is 3. The molecule has 188 valence electrons. The second-order valence-corrected chi connectivity index (χ2v) is 10.2. The second kappa shape index (κ2) is 9.69. The van der Waals surface area contributed by atoms with Crippen LogP contribution in [0, 0.1) is 5.92 Å². The van der Waals surface area contributed by atoms with Gasteiger partial charge in [0.2, 0.25) is 5.91 Å². The first-order valence-corrected chi connectivity index (χ1v) is 13.0. The molecule has 1 saturated heterocycles. The summed E-state index contributed by atoms with van der Waals surface area (Å²) in [6.07, 6.45) is 7.68. The van der Waals surface area contributed by atoms with Crippen molar-refractivity contribution in [2.24, 2.45) is 5.92 Å². The fourth-order valence-corrected chi connectivity index (χ4v) is 5.16. The maximum Gasteiger partial charge on any atom is 0.224 e. The zero-order valence-corrected chi connectivity index (χ0v) is 21.2. The van der Waals surface area contributed by atoms with Gasteiger partial charge in [-0.25, -0.2) is 4.98 Å². The first-order chi connectivity index (χ1) is 18.0. The average molecular weight is 494 g/mol. The number of aromatic amines is 2. The van der Waals surface area contributed by atoms with Gasteiger partial charge in [-0.05, 0) is 61.6 Å². The number of aromatic nitrogens is 5. The second-order valence-electron chi connectivity index (χ2n) is 10.2. The van der Waals surface area contributed by atoms with E-state index < -0.39 is 0 Å². The zero-order chi connectivity index (χ0) is 25.4. The highest BCUT2D eigenvalue weighted by Crippen LogP contribution is 2.34. The standard InChI is InChI=1S/C29H31N7O/c1-18(2)13-27(37)31-20-14-19(16-30-17-20)22-9-10-24-28(33-22)29(35-34-24)25-15-21-23(32-25)7-6-8-26(21)36-11-4-3-5-12-36/h6-10,14-18,32H,3-5,11-13H2,1-2H3,(H,31,37)(H,34,35). The minimum Gasteiger partial charge on any atom is -0.371 e. The molecule has 1 aliphatic rings. The number of hydrogen-bond acceptors (Lipinski definition) is 5. The maximum absolute atomic E-state index is 12.2. The summed E-state index contributed by atoms with van der Waals surface area (Å²) < 4.78 is 0. The highest BCUT2D eigenvalue weighted by Gasteiger charge is 2.18. The molecule has 0 radical (unpaired) electrons. The summed E-state index contributed by atoms with van der Waals surface area (Å²) in [6, 6.07) is 14.5. The van der Waals surface area contributed by atoms with Crippen LogP contribution in [0.5, 0.6) is 0 Å². The number of pyridine rings is 2. The van der Waals surface area contributed by atoms with Gasteiger partial charge in [0, 0.05) is 47.9 Å². The molecule has 5 heterocycles. The molecule has 0 bridgehead atoms. The Bertz CT molecular complexity index is 1580. The van der Waals surface area contributed by atoms with Crippen LogP contribution in [0.4, 0.5) is 11.4 Å². The van der Waals surface area contributed by atoms with Crippen molar-refractivity contribution in [3.63, 3.8) is 0 Å². The van der Waals surface area contributed by atoms with E-state index in [1.807, 2.05) is 32.0 Å². The minimum absolute atomic E-state index is 0.0165. The molecule has 6 rings (SSSR count). The van der Waals surface area contributed by atoms with Gasteiger partial charge in [0.15, 0.2) is 0 Å². The van der Waals surface area contributed by atoms with Crippen LogP contribution >= 0.6 is 0 Å². The molecule has 8 nitrogen and oxygen atoms in total. The topological polar surface area (TPSA) is 103 Å². The molecule has 0 atom stereocenters. The Kier molecular flexibility index (Phi) is 6.08. The van der Waals surface area contributed by atoms with E-state index in [0.29, 0.717) is 18.0 Å². The third kappa shape index (κ3) is 4.67. The van der Waals surface area contributed by atoms with Crippen LogP contribution in [0.15, 0.2) is 54.9 Å². The molecule has 0 unspecified atom stereocenters. The van der Waals surface area contributed by atoms with Crippen LogP contribution in [0.25, 0.3) is 44.6 Å². The van der Waals surface area contributed by atoms with Gasteiger partial charge in [-0.15, -0.1) is 0 Å². The minimum atomic E-state index is -0.0165. The number of hydrogen-bond donors (Lipinski definition) is 3. The molecule has 0 spiro atoms. The predicted molar refractivity (Wildman–Crippen MR) is 149 cm³/mol. The Morgan fingerprint density at radius 2 is 1.92 bits per heavy atom. The number of carbonyl (C=O) groups is 1. The van der Waals surface area contributed by atoms with E-state index in [0.717, 1.165) is 52.3 Å². The summed E-state index contributed by atoms with van der Waals surface area (Å²) in [5.41, 5.74) is 8.01. The molecule has 37 heavy (non-hydrogen) atoms. The SMILES string of the molecule is CC(C)CC(=O)Nc1cncc(-c2ccc3[nH]nc(-c4cc5c(N6CCCCC6)cccc5[nH]4)c3n2)c1. The van der Waals surface area contributed by atoms with Crippen LogP contribution in [0.2, 0.25) is 0 Å². The molecule has 0 aliphatic carbocycles. The smallest absolute Gasteiger partial charge is 0.224 e. The Hall–Kier alpha value is -4.20. The largest absolute Gasteiger partial charge is 0.371 e. The van der Waals surface area contributed by atoms with Gasteiger partial charge >= 0.3 is 0 Å². The number of H-pyrrole nitrogens is 2. The normalized spacial score (nSPS) is 14.1. The number of rotatable bonds is 6. The summed E-state index contributed by atoms with van der Waals surface area (Å²) >= 11 is 0. The highest BCUT2D eigenvalue weighted by molar-refractivity contribution is 5.99. The van der Waals surface area contributed by atoms with Gasteiger partial charge in [0.05, 0.1) is 28.8 Å². The molecular weight excluding hydrogens is 462 g/mol. The molecule has 5 aromatic rings. The van der Waals surface area contributed by atoms with Crippen molar-refractivity contribution in [2.75, 3.05) is 23.3 Å². The molecule has 0 saturated carbocycles. The summed E-state index contributed by atoms with van der Waals surface area (Å²) in [7, 11) is 0. The molecule has 4 aromatic heterocycles. The van der Waals surface area contributed by atoms with Crippen molar-refractivity contribution in [1.29, 1.82) is 0 Å². The lowest BCUT2D eigenvalue weighted by Gasteiger charge is -2.29. The number of piperidine rings is 1. The molecule has 1 aliphatic heterocycles. The molecule has 3 N–H and O–H groups in total. The van der Waals surface area contributed by atoms with Crippen LogP contribution in [-0.4, -0.2) is 44.1 Å². The number of carbonyl (C=O) groups excluding carboxylic acids is 1. The van der Waals surface area contributed by atoms with E-state index in [-0.39, 0.29) is 5.91 Å². The summed E-state index contributed by atoms with van der Waals surface area (Å²) in [5, 5.41) is 11.9. The Morgan fingerprint density at radius 3 is 2.76 bits per heavy atom. The maximum atomic E-state index is 12.2. The van der Waals surface area contributed by atoms with E-state index in [1.165, 1.54) is 30.3 Å². The first-order valence-electron chi connectivity index (χ1n) is 13.0. The van der Waals surface area contributed by atoms with E-state index in [4.69, 9.17) is 4.98 Å². The van der Waals surface area contributed by atoms with Gasteiger partial charge in [0.25, 0.3) is 0 Å².